The van der Waals surface area contributed by atoms with E-state index in [0.717, 1.165) is 24.5 Å². The molecule has 1 aromatic heterocycles. The van der Waals surface area contributed by atoms with Crippen LogP contribution in [0.4, 0.5) is 13.2 Å². The summed E-state index contributed by atoms with van der Waals surface area (Å²) in [5.74, 6) is -1.37. The SMILES string of the molecule is NS(=O)(=O)c1ccc(OCc2nccn2C(F)F)c(F)c1. The molecule has 10 heteroatoms. The average molecular weight is 321 g/mol. The van der Waals surface area contributed by atoms with Gasteiger partial charge in [-0.2, -0.15) is 8.78 Å². The van der Waals surface area contributed by atoms with Crippen molar-refractivity contribution in [3.63, 3.8) is 0 Å². The molecule has 0 saturated carbocycles. The van der Waals surface area contributed by atoms with Crippen LogP contribution < -0.4 is 9.88 Å². The Morgan fingerprint density at radius 2 is 2.10 bits per heavy atom. The van der Waals surface area contributed by atoms with Crippen molar-refractivity contribution in [2.75, 3.05) is 0 Å². The fourth-order valence-corrected chi connectivity index (χ4v) is 2.08. The molecule has 2 N–H and O–H groups in total. The Hall–Kier alpha value is -2.07. The molecule has 2 rings (SSSR count). The van der Waals surface area contributed by atoms with Gasteiger partial charge in [-0.3, -0.25) is 4.57 Å². The zero-order chi connectivity index (χ0) is 15.6. The maximum atomic E-state index is 13.6. The first-order valence-electron chi connectivity index (χ1n) is 5.54. The van der Waals surface area contributed by atoms with Crippen LogP contribution in [0.3, 0.4) is 0 Å². The van der Waals surface area contributed by atoms with E-state index < -0.39 is 33.9 Å². The van der Waals surface area contributed by atoms with E-state index in [1.165, 1.54) is 0 Å². The topological polar surface area (TPSA) is 87.2 Å². The van der Waals surface area contributed by atoms with E-state index in [9.17, 15) is 21.6 Å². The number of primary sulfonamides is 1. The smallest absolute Gasteiger partial charge is 0.320 e. The lowest BCUT2D eigenvalue weighted by Crippen LogP contribution is -2.12. The summed E-state index contributed by atoms with van der Waals surface area (Å²) in [6, 6.07) is 2.78. The van der Waals surface area contributed by atoms with Crippen molar-refractivity contribution >= 4 is 10.0 Å². The van der Waals surface area contributed by atoms with E-state index in [1.807, 2.05) is 0 Å². The van der Waals surface area contributed by atoms with E-state index in [2.05, 4.69) is 4.98 Å². The van der Waals surface area contributed by atoms with Crippen LogP contribution in [0.25, 0.3) is 0 Å². The van der Waals surface area contributed by atoms with E-state index in [-0.39, 0.29) is 11.6 Å². The highest BCUT2D eigenvalue weighted by molar-refractivity contribution is 7.89. The van der Waals surface area contributed by atoms with Crippen LogP contribution in [0, 0.1) is 5.82 Å². The summed E-state index contributed by atoms with van der Waals surface area (Å²) in [6.07, 6.45) is 2.22. The second-order valence-corrected chi connectivity index (χ2v) is 5.52. The third-order valence-corrected chi connectivity index (χ3v) is 3.46. The molecule has 0 aliphatic carbocycles. The molecular weight excluding hydrogens is 311 g/mol. The first-order valence-corrected chi connectivity index (χ1v) is 7.08. The molecule has 114 valence electrons. The van der Waals surface area contributed by atoms with E-state index >= 15 is 0 Å². The van der Waals surface area contributed by atoms with Gasteiger partial charge < -0.3 is 4.74 Å². The maximum Gasteiger partial charge on any atom is 0.320 e. The summed E-state index contributed by atoms with van der Waals surface area (Å²) in [6.45, 7) is -3.19. The summed E-state index contributed by atoms with van der Waals surface area (Å²) in [4.78, 5) is 3.24. The lowest BCUT2D eigenvalue weighted by atomic mass is 10.3. The molecule has 0 unspecified atom stereocenters. The van der Waals surface area contributed by atoms with Crippen molar-refractivity contribution in [3.8, 4) is 5.75 Å². The maximum absolute atomic E-state index is 13.6. The third kappa shape index (κ3) is 3.52. The highest BCUT2D eigenvalue weighted by Gasteiger charge is 2.15. The number of alkyl halides is 2. The van der Waals surface area contributed by atoms with Gasteiger partial charge in [0.1, 0.15) is 6.61 Å². The Morgan fingerprint density at radius 3 is 2.67 bits per heavy atom. The predicted octanol–water partition coefficient (Wildman–Crippen LogP) is 1.64. The van der Waals surface area contributed by atoms with Crippen LogP contribution in [-0.4, -0.2) is 18.0 Å². The van der Waals surface area contributed by atoms with Crippen LogP contribution in [0.15, 0.2) is 35.5 Å². The molecule has 1 heterocycles. The number of benzene rings is 1. The first-order chi connectivity index (χ1) is 9.79. The monoisotopic (exact) mass is 321 g/mol. The van der Waals surface area contributed by atoms with Gasteiger partial charge >= 0.3 is 6.55 Å². The second kappa shape index (κ2) is 5.74. The van der Waals surface area contributed by atoms with Crippen molar-refractivity contribution in [2.24, 2.45) is 5.14 Å². The van der Waals surface area contributed by atoms with E-state index in [1.54, 1.807) is 0 Å². The van der Waals surface area contributed by atoms with Crippen LogP contribution in [-0.2, 0) is 16.6 Å². The highest BCUT2D eigenvalue weighted by atomic mass is 32.2. The molecule has 0 spiro atoms. The van der Waals surface area contributed by atoms with Crippen molar-refractivity contribution < 1.29 is 26.3 Å². The molecule has 0 saturated heterocycles. The van der Waals surface area contributed by atoms with Gasteiger partial charge in [0, 0.05) is 12.4 Å². The molecule has 0 fully saturated rings. The number of imidazole rings is 1. The van der Waals surface area contributed by atoms with E-state index in [0.29, 0.717) is 10.6 Å². The molecule has 0 aliphatic heterocycles. The molecule has 6 nitrogen and oxygen atoms in total. The molecule has 21 heavy (non-hydrogen) atoms. The lowest BCUT2D eigenvalue weighted by Gasteiger charge is -2.09. The zero-order valence-electron chi connectivity index (χ0n) is 10.4. The molecular formula is C11H10F3N3O3S. The molecule has 1 aromatic carbocycles. The van der Waals surface area contributed by atoms with E-state index in [4.69, 9.17) is 9.88 Å². The van der Waals surface area contributed by atoms with Crippen LogP contribution >= 0.6 is 0 Å². The number of nitrogens with two attached hydrogens (primary N) is 1. The largest absolute Gasteiger partial charge is 0.483 e. The van der Waals surface area contributed by atoms with Crippen molar-refractivity contribution in [2.45, 2.75) is 18.1 Å². The molecule has 0 amide bonds. The van der Waals surface area contributed by atoms with Crippen molar-refractivity contribution in [1.82, 2.24) is 9.55 Å². The van der Waals surface area contributed by atoms with Gasteiger partial charge in [0.05, 0.1) is 4.90 Å². The molecule has 0 aliphatic rings. The standard InChI is InChI=1S/C11H10F3N3O3S/c12-8-5-7(21(15,18)19)1-2-9(8)20-6-10-16-3-4-17(10)11(13)14/h1-5,11H,6H2,(H2,15,18,19). The fraction of sp³-hybridized carbons (Fsp3) is 0.182. The van der Waals surface area contributed by atoms with Crippen molar-refractivity contribution in [3.05, 3.63) is 42.2 Å². The number of halogens is 3. The number of hydrogen-bond acceptors (Lipinski definition) is 4. The number of aromatic nitrogens is 2. The minimum absolute atomic E-state index is 0.0973. The minimum Gasteiger partial charge on any atom is -0.483 e. The fourth-order valence-electron chi connectivity index (χ4n) is 1.55. The van der Waals surface area contributed by atoms with Crippen molar-refractivity contribution in [1.29, 1.82) is 0 Å². The number of nitrogens with zero attached hydrogens (tertiary/aromatic N) is 2. The quantitative estimate of drug-likeness (QED) is 0.907. The van der Waals surface area contributed by atoms with Gasteiger partial charge in [0.25, 0.3) is 0 Å². The number of rotatable bonds is 5. The molecule has 0 radical (unpaired) electrons. The molecule has 0 atom stereocenters. The van der Waals surface area contributed by atoms with Gasteiger partial charge in [0.2, 0.25) is 10.0 Å². The van der Waals surface area contributed by atoms with Crippen LogP contribution in [0.1, 0.15) is 12.4 Å². The lowest BCUT2D eigenvalue weighted by molar-refractivity contribution is 0.0631. The van der Waals surface area contributed by atoms with Gasteiger partial charge in [-0.05, 0) is 18.2 Å². The summed E-state index contributed by atoms with van der Waals surface area (Å²) in [5, 5.41) is 4.85. The van der Waals surface area contributed by atoms with Gasteiger partial charge in [0.15, 0.2) is 17.4 Å². The summed E-state index contributed by atoms with van der Waals surface area (Å²) >= 11 is 0. The number of sulfonamides is 1. The number of ether oxygens (including phenoxy) is 1. The second-order valence-electron chi connectivity index (χ2n) is 3.95. The Balaban J connectivity index is 2.16. The third-order valence-electron chi connectivity index (χ3n) is 2.55. The number of hydrogen-bond donors (Lipinski definition) is 1. The Kier molecular flexibility index (Phi) is 4.19. The predicted molar refractivity (Wildman–Crippen MR) is 65.6 cm³/mol. The molecule has 0 bridgehead atoms. The Morgan fingerprint density at radius 1 is 1.38 bits per heavy atom. The summed E-state index contributed by atoms with van der Waals surface area (Å²) in [7, 11) is -4.03. The highest BCUT2D eigenvalue weighted by Crippen LogP contribution is 2.22. The van der Waals surface area contributed by atoms with Gasteiger partial charge in [-0.25, -0.2) is 22.9 Å². The molecule has 2 aromatic rings. The minimum atomic E-state index is -4.03. The summed E-state index contributed by atoms with van der Waals surface area (Å²) < 4.78 is 66.4. The van der Waals surface area contributed by atoms with Gasteiger partial charge in [-0.1, -0.05) is 0 Å². The Labute approximate surface area is 118 Å². The summed E-state index contributed by atoms with van der Waals surface area (Å²) in [5.41, 5.74) is 0. The van der Waals surface area contributed by atoms with Crippen LogP contribution in [0.2, 0.25) is 0 Å². The zero-order valence-corrected chi connectivity index (χ0v) is 11.2. The average Bonchev–Trinajstić information content (AvgIpc) is 2.84. The van der Waals surface area contributed by atoms with Gasteiger partial charge in [-0.15, -0.1) is 0 Å². The normalized spacial score (nSPS) is 11.9. The Bertz CT molecular complexity index is 746. The van der Waals surface area contributed by atoms with Crippen LogP contribution in [0.5, 0.6) is 5.75 Å². The first kappa shape index (κ1) is 15.3.